The Hall–Kier alpha value is 0.0300. The van der Waals surface area contributed by atoms with Gasteiger partial charge in [-0.1, -0.05) is 20.8 Å². The van der Waals surface area contributed by atoms with Crippen LogP contribution in [0.4, 0.5) is 0 Å². The average Bonchev–Trinajstić information content (AvgIpc) is 2.32. The van der Waals surface area contributed by atoms with Crippen LogP contribution < -0.4 is 11.1 Å². The summed E-state index contributed by atoms with van der Waals surface area (Å²) < 4.78 is 5.46. The van der Waals surface area contributed by atoms with E-state index in [0.29, 0.717) is 5.92 Å². The van der Waals surface area contributed by atoms with Gasteiger partial charge in [0.25, 0.3) is 0 Å². The van der Waals surface area contributed by atoms with E-state index in [9.17, 15) is 4.79 Å². The second-order valence-electron chi connectivity index (χ2n) is 5.71. The number of methoxy groups -OCH3 is 1. The number of amides is 1. The predicted molar refractivity (Wildman–Crippen MR) is 83.9 cm³/mol. The number of ether oxygens (including phenoxy) is 1. The average molecular weight is 311 g/mol. The fourth-order valence-corrected chi connectivity index (χ4v) is 3.55. The molecule has 114 valence electrons. The van der Waals surface area contributed by atoms with Crippen LogP contribution >= 0.6 is 24.2 Å². The van der Waals surface area contributed by atoms with Gasteiger partial charge in [-0.05, 0) is 18.4 Å². The Morgan fingerprint density at radius 3 is 2.53 bits per heavy atom. The maximum absolute atomic E-state index is 12.0. The molecule has 1 aliphatic carbocycles. The number of halogens is 1. The van der Waals surface area contributed by atoms with Crippen LogP contribution in [0.3, 0.4) is 0 Å². The van der Waals surface area contributed by atoms with Crippen LogP contribution in [-0.4, -0.2) is 43.2 Å². The van der Waals surface area contributed by atoms with Crippen molar-refractivity contribution in [1.82, 2.24) is 5.32 Å². The number of carbonyl (C=O) groups excluding carboxylic acids is 1. The van der Waals surface area contributed by atoms with E-state index in [0.717, 1.165) is 12.2 Å². The molecule has 1 fully saturated rings. The molecule has 0 heterocycles. The van der Waals surface area contributed by atoms with E-state index in [2.05, 4.69) is 26.1 Å². The SMILES string of the molecule is COC1C(C)C(NC(=O)C(N)CCSC)C1(C)C.Cl. The number of carbonyl (C=O) groups is 1. The number of thioether (sulfide) groups is 1. The zero-order valence-electron chi connectivity index (χ0n) is 12.4. The van der Waals surface area contributed by atoms with Gasteiger partial charge in [0, 0.05) is 24.5 Å². The van der Waals surface area contributed by atoms with Gasteiger partial charge in [-0.3, -0.25) is 4.79 Å². The highest BCUT2D eigenvalue weighted by molar-refractivity contribution is 7.98. The van der Waals surface area contributed by atoms with Crippen molar-refractivity contribution >= 4 is 30.1 Å². The number of hydrogen-bond acceptors (Lipinski definition) is 4. The van der Waals surface area contributed by atoms with E-state index in [4.69, 9.17) is 10.5 Å². The number of nitrogens with one attached hydrogen (secondary N) is 1. The Balaban J connectivity index is 0.00000324. The maximum atomic E-state index is 12.0. The Bertz CT molecular complexity index is 302. The minimum absolute atomic E-state index is 0. The van der Waals surface area contributed by atoms with Crippen LogP contribution in [-0.2, 0) is 9.53 Å². The Morgan fingerprint density at radius 1 is 1.53 bits per heavy atom. The third-order valence-corrected chi connectivity index (χ3v) is 4.70. The van der Waals surface area contributed by atoms with Gasteiger partial charge in [0.05, 0.1) is 12.1 Å². The number of rotatable bonds is 6. The van der Waals surface area contributed by atoms with Crippen molar-refractivity contribution in [2.75, 3.05) is 19.1 Å². The van der Waals surface area contributed by atoms with E-state index >= 15 is 0 Å². The Morgan fingerprint density at radius 2 is 2.11 bits per heavy atom. The molecule has 6 heteroatoms. The molecule has 1 aliphatic rings. The van der Waals surface area contributed by atoms with Gasteiger partial charge < -0.3 is 15.8 Å². The van der Waals surface area contributed by atoms with Crippen molar-refractivity contribution in [3.05, 3.63) is 0 Å². The molecule has 4 atom stereocenters. The molecule has 1 rings (SSSR count). The summed E-state index contributed by atoms with van der Waals surface area (Å²) in [6, 6.07) is -0.252. The zero-order valence-corrected chi connectivity index (χ0v) is 14.1. The summed E-state index contributed by atoms with van der Waals surface area (Å²) in [5.41, 5.74) is 5.85. The van der Waals surface area contributed by atoms with Crippen LogP contribution in [0.1, 0.15) is 27.2 Å². The van der Waals surface area contributed by atoms with Crippen LogP contribution in [0, 0.1) is 11.3 Å². The lowest BCUT2D eigenvalue weighted by Gasteiger charge is -2.56. The third-order valence-electron chi connectivity index (χ3n) is 4.06. The molecule has 0 aliphatic heterocycles. The molecule has 1 saturated carbocycles. The van der Waals surface area contributed by atoms with Gasteiger partial charge in [0.15, 0.2) is 0 Å². The molecule has 0 aromatic rings. The molecule has 0 aromatic heterocycles. The van der Waals surface area contributed by atoms with Gasteiger partial charge in [-0.2, -0.15) is 11.8 Å². The van der Waals surface area contributed by atoms with Crippen molar-refractivity contribution in [1.29, 1.82) is 0 Å². The molecular formula is C13H27ClN2O2S. The summed E-state index contributed by atoms with van der Waals surface area (Å²) in [6.07, 6.45) is 2.94. The molecule has 1 amide bonds. The minimum atomic E-state index is -0.401. The van der Waals surface area contributed by atoms with Gasteiger partial charge in [-0.25, -0.2) is 0 Å². The molecule has 19 heavy (non-hydrogen) atoms. The second-order valence-corrected chi connectivity index (χ2v) is 6.70. The summed E-state index contributed by atoms with van der Waals surface area (Å²) in [6.45, 7) is 6.36. The first-order valence-corrected chi connectivity index (χ1v) is 7.83. The minimum Gasteiger partial charge on any atom is -0.380 e. The van der Waals surface area contributed by atoms with Crippen LogP contribution in [0.15, 0.2) is 0 Å². The summed E-state index contributed by atoms with van der Waals surface area (Å²) in [4.78, 5) is 12.0. The van der Waals surface area contributed by atoms with Crippen LogP contribution in [0.5, 0.6) is 0 Å². The Kier molecular flexibility index (Phi) is 7.73. The maximum Gasteiger partial charge on any atom is 0.237 e. The highest BCUT2D eigenvalue weighted by atomic mass is 35.5. The third kappa shape index (κ3) is 4.00. The van der Waals surface area contributed by atoms with E-state index in [1.165, 1.54) is 0 Å². The van der Waals surface area contributed by atoms with E-state index in [-0.39, 0.29) is 35.9 Å². The van der Waals surface area contributed by atoms with E-state index in [1.54, 1.807) is 18.9 Å². The lowest BCUT2D eigenvalue weighted by Crippen LogP contribution is -2.69. The van der Waals surface area contributed by atoms with E-state index in [1.807, 2.05) is 6.26 Å². The summed E-state index contributed by atoms with van der Waals surface area (Å²) in [7, 11) is 1.73. The first-order chi connectivity index (χ1) is 8.36. The smallest absolute Gasteiger partial charge is 0.237 e. The first kappa shape index (κ1) is 19.0. The number of hydrogen-bond donors (Lipinski definition) is 2. The van der Waals surface area contributed by atoms with Crippen LogP contribution in [0.2, 0.25) is 0 Å². The molecule has 0 saturated heterocycles. The number of nitrogens with two attached hydrogens (primary N) is 1. The molecule has 0 aromatic carbocycles. The van der Waals surface area contributed by atoms with Crippen molar-refractivity contribution in [2.45, 2.75) is 45.4 Å². The molecular weight excluding hydrogens is 284 g/mol. The molecule has 4 nitrogen and oxygen atoms in total. The quantitative estimate of drug-likeness (QED) is 0.783. The fraction of sp³-hybridized carbons (Fsp3) is 0.923. The predicted octanol–water partition coefficient (Wildman–Crippen LogP) is 1.66. The molecule has 0 spiro atoms. The topological polar surface area (TPSA) is 64.3 Å². The molecule has 4 unspecified atom stereocenters. The zero-order chi connectivity index (χ0) is 13.9. The van der Waals surface area contributed by atoms with Crippen molar-refractivity contribution in [2.24, 2.45) is 17.1 Å². The standard InChI is InChI=1S/C13H26N2O2S.ClH/c1-8-10(13(2,3)11(8)17-4)15-12(16)9(14)6-7-18-5;/h8-11H,6-7,14H2,1-5H3,(H,15,16);1H. The highest BCUT2D eigenvalue weighted by Gasteiger charge is 2.55. The van der Waals surface area contributed by atoms with Gasteiger partial charge in [-0.15, -0.1) is 12.4 Å². The normalized spacial score (nSPS) is 29.9. The second kappa shape index (κ2) is 7.72. The van der Waals surface area contributed by atoms with Gasteiger partial charge in [0.2, 0.25) is 5.91 Å². The lowest BCUT2D eigenvalue weighted by molar-refractivity contribution is -0.155. The first-order valence-electron chi connectivity index (χ1n) is 6.44. The molecule has 0 bridgehead atoms. The van der Waals surface area contributed by atoms with Gasteiger partial charge in [0.1, 0.15) is 0 Å². The lowest BCUT2D eigenvalue weighted by atomic mass is 9.58. The monoisotopic (exact) mass is 310 g/mol. The molecule has 3 N–H and O–H groups in total. The van der Waals surface area contributed by atoms with Gasteiger partial charge >= 0.3 is 0 Å². The van der Waals surface area contributed by atoms with Crippen LogP contribution in [0.25, 0.3) is 0 Å². The summed E-state index contributed by atoms with van der Waals surface area (Å²) in [5.74, 6) is 1.21. The van der Waals surface area contributed by atoms with E-state index < -0.39 is 6.04 Å². The highest BCUT2D eigenvalue weighted by Crippen LogP contribution is 2.46. The largest absolute Gasteiger partial charge is 0.380 e. The Labute approximate surface area is 127 Å². The fourth-order valence-electron chi connectivity index (χ4n) is 3.06. The molecule has 0 radical (unpaired) electrons. The van der Waals surface area contributed by atoms with Crippen molar-refractivity contribution < 1.29 is 9.53 Å². The summed E-state index contributed by atoms with van der Waals surface area (Å²) in [5, 5.41) is 3.08. The van der Waals surface area contributed by atoms with Crippen molar-refractivity contribution in [3.63, 3.8) is 0 Å². The summed E-state index contributed by atoms with van der Waals surface area (Å²) >= 11 is 1.71. The van der Waals surface area contributed by atoms with Crippen molar-refractivity contribution in [3.8, 4) is 0 Å².